The zero-order valence-electron chi connectivity index (χ0n) is 26.3. The highest BCUT2D eigenvalue weighted by Gasteiger charge is 2.32. The molecule has 10 heteroatoms. The van der Waals surface area contributed by atoms with Crippen LogP contribution in [0, 0.1) is 0 Å². The predicted molar refractivity (Wildman–Crippen MR) is 175 cm³/mol. The number of fused-ring (bicyclic) bond motifs is 1. The van der Waals surface area contributed by atoms with Crippen LogP contribution in [0.4, 0.5) is 0 Å². The van der Waals surface area contributed by atoms with Gasteiger partial charge in [-0.2, -0.15) is 0 Å². The molecule has 0 radical (unpaired) electrons. The molecule has 2 heterocycles. The molecule has 46 heavy (non-hydrogen) atoms. The summed E-state index contributed by atoms with van der Waals surface area (Å²) in [5.41, 5.74) is 2.39. The molecule has 1 fully saturated rings. The van der Waals surface area contributed by atoms with Gasteiger partial charge in [-0.25, -0.2) is 0 Å². The number of nitrogens with zero attached hydrogens (tertiary/aromatic N) is 2. The topological polar surface area (TPSA) is 120 Å². The standard InChI is InChI=1S/C36H43N5O5/c1-2-41-21-22-46-32-16-10-9-15-29(32)34(43)39-30(24-33(42)38-31(36(41)45)23-26-11-5-3-6-12-26)35(44)37-28-17-19-40(20-18-28)25-27-13-7-4-8-14-27/h3-16,28,30-31H,2,17-25H2,1H3,(H,37,44)(H,38,42)(H,39,43)/t30-,31+/m0/s1. The number of amides is 4. The van der Waals surface area contributed by atoms with Gasteiger partial charge in [0.05, 0.1) is 18.5 Å². The van der Waals surface area contributed by atoms with Crippen LogP contribution < -0.4 is 20.7 Å². The first-order valence-electron chi connectivity index (χ1n) is 16.1. The molecule has 0 aromatic heterocycles. The number of nitrogens with one attached hydrogen (secondary N) is 3. The first-order valence-corrected chi connectivity index (χ1v) is 16.1. The molecule has 3 aromatic rings. The fraction of sp³-hybridized carbons (Fsp3) is 0.389. The Labute approximate surface area is 270 Å². The van der Waals surface area contributed by atoms with Gasteiger partial charge in [0, 0.05) is 38.6 Å². The number of likely N-dealkylation sites (N-methyl/N-ethyl adjacent to an activating group) is 1. The van der Waals surface area contributed by atoms with Gasteiger partial charge in [-0.3, -0.25) is 24.1 Å². The van der Waals surface area contributed by atoms with Crippen molar-refractivity contribution in [1.29, 1.82) is 0 Å². The minimum atomic E-state index is -1.15. The lowest BCUT2D eigenvalue weighted by Gasteiger charge is -2.33. The number of carbonyl (C=O) groups excluding carboxylic acids is 4. The molecule has 2 aliphatic heterocycles. The van der Waals surface area contributed by atoms with E-state index in [1.54, 1.807) is 29.2 Å². The second-order valence-corrected chi connectivity index (χ2v) is 11.8. The third kappa shape index (κ3) is 8.94. The normalized spacial score (nSPS) is 20.5. The molecule has 10 nitrogen and oxygen atoms in total. The zero-order chi connectivity index (χ0) is 32.3. The summed E-state index contributed by atoms with van der Waals surface area (Å²) in [7, 11) is 0. The third-order valence-corrected chi connectivity index (χ3v) is 8.55. The summed E-state index contributed by atoms with van der Waals surface area (Å²) in [4.78, 5) is 58.4. The maximum Gasteiger partial charge on any atom is 0.255 e. The van der Waals surface area contributed by atoms with Crippen LogP contribution >= 0.6 is 0 Å². The number of hydrogen-bond acceptors (Lipinski definition) is 6. The lowest BCUT2D eigenvalue weighted by molar-refractivity contribution is -0.137. The average molecular weight is 626 g/mol. The molecule has 3 N–H and O–H groups in total. The van der Waals surface area contributed by atoms with Crippen molar-refractivity contribution < 1.29 is 23.9 Å². The quantitative estimate of drug-likeness (QED) is 0.372. The van der Waals surface area contributed by atoms with Crippen molar-refractivity contribution in [3.63, 3.8) is 0 Å². The third-order valence-electron chi connectivity index (χ3n) is 8.55. The molecular formula is C36H43N5O5. The van der Waals surface area contributed by atoms with Crippen molar-refractivity contribution in [3.05, 3.63) is 102 Å². The Morgan fingerprint density at radius 1 is 0.848 bits per heavy atom. The van der Waals surface area contributed by atoms with Crippen LogP contribution in [0.3, 0.4) is 0 Å². The Balaban J connectivity index is 1.32. The lowest BCUT2D eigenvalue weighted by Crippen LogP contribution is -2.55. The Bertz CT molecular complexity index is 1480. The van der Waals surface area contributed by atoms with E-state index < -0.39 is 29.8 Å². The highest BCUT2D eigenvalue weighted by Crippen LogP contribution is 2.20. The number of likely N-dealkylation sites (tertiary alicyclic amines) is 1. The first-order chi connectivity index (χ1) is 22.4. The predicted octanol–water partition coefficient (Wildman–Crippen LogP) is 2.92. The molecule has 1 saturated heterocycles. The van der Waals surface area contributed by atoms with Crippen molar-refractivity contribution in [2.24, 2.45) is 0 Å². The number of carbonyl (C=O) groups is 4. The summed E-state index contributed by atoms with van der Waals surface area (Å²) >= 11 is 0. The fourth-order valence-electron chi connectivity index (χ4n) is 6.00. The van der Waals surface area contributed by atoms with Gasteiger partial charge in [0.15, 0.2) is 0 Å². The summed E-state index contributed by atoms with van der Waals surface area (Å²) < 4.78 is 5.98. The van der Waals surface area contributed by atoms with E-state index in [1.807, 2.05) is 55.5 Å². The summed E-state index contributed by atoms with van der Waals surface area (Å²) in [5, 5.41) is 8.74. The summed E-state index contributed by atoms with van der Waals surface area (Å²) in [6.07, 6.45) is 1.47. The highest BCUT2D eigenvalue weighted by molar-refractivity contribution is 6.01. The maximum atomic E-state index is 13.7. The van der Waals surface area contributed by atoms with E-state index in [4.69, 9.17) is 4.74 Å². The summed E-state index contributed by atoms with van der Waals surface area (Å²) in [5.74, 6) is -1.33. The second-order valence-electron chi connectivity index (χ2n) is 11.8. The van der Waals surface area contributed by atoms with Crippen LogP contribution in [0.1, 0.15) is 47.7 Å². The van der Waals surface area contributed by atoms with Crippen molar-refractivity contribution in [2.75, 3.05) is 32.8 Å². The Morgan fingerprint density at radius 2 is 1.50 bits per heavy atom. The summed E-state index contributed by atoms with van der Waals surface area (Å²) in [6.45, 7) is 5.21. The maximum absolute atomic E-state index is 13.7. The number of rotatable bonds is 7. The molecule has 3 aromatic carbocycles. The first kappa shape index (κ1) is 32.7. The van der Waals surface area contributed by atoms with Gasteiger partial charge in [-0.15, -0.1) is 0 Å². The van der Waals surface area contributed by atoms with Crippen LogP contribution in [-0.4, -0.2) is 84.3 Å². The van der Waals surface area contributed by atoms with Gasteiger partial charge in [-0.1, -0.05) is 72.8 Å². The lowest BCUT2D eigenvalue weighted by atomic mass is 10.0. The van der Waals surface area contributed by atoms with E-state index in [0.29, 0.717) is 12.3 Å². The largest absolute Gasteiger partial charge is 0.491 e. The van der Waals surface area contributed by atoms with Crippen molar-refractivity contribution >= 4 is 23.6 Å². The number of piperidine rings is 1. The molecule has 0 aliphatic carbocycles. The SMILES string of the molecule is CCN1CCOc2ccccc2C(=O)N[C@H](C(=O)NC2CCN(Cc3ccccc3)CC2)CC(=O)N[C@H](Cc2ccccc2)C1=O. The van der Waals surface area contributed by atoms with Crippen molar-refractivity contribution in [2.45, 2.75) is 57.3 Å². The van der Waals surface area contributed by atoms with Crippen LogP contribution in [0.2, 0.25) is 0 Å². The molecular weight excluding hydrogens is 582 g/mol. The van der Waals surface area contributed by atoms with Gasteiger partial charge in [0.25, 0.3) is 5.91 Å². The van der Waals surface area contributed by atoms with Gasteiger partial charge >= 0.3 is 0 Å². The number of hydrogen-bond donors (Lipinski definition) is 3. The molecule has 0 bridgehead atoms. The Hall–Kier alpha value is -4.70. The number of ether oxygens (including phenoxy) is 1. The van der Waals surface area contributed by atoms with Crippen molar-refractivity contribution in [3.8, 4) is 5.75 Å². The average Bonchev–Trinajstić information content (AvgIpc) is 3.07. The second kappa shape index (κ2) is 16.0. The molecule has 2 atom stereocenters. The van der Waals surface area contributed by atoms with E-state index in [9.17, 15) is 19.2 Å². The number of para-hydroxylation sites is 1. The monoisotopic (exact) mass is 625 g/mol. The van der Waals surface area contributed by atoms with E-state index in [1.165, 1.54) is 5.56 Å². The highest BCUT2D eigenvalue weighted by atomic mass is 16.5. The fourth-order valence-corrected chi connectivity index (χ4v) is 6.00. The summed E-state index contributed by atoms with van der Waals surface area (Å²) in [6, 6.07) is 24.4. The van der Waals surface area contributed by atoms with Crippen LogP contribution in [0.15, 0.2) is 84.9 Å². The Kier molecular flexibility index (Phi) is 11.4. The molecule has 2 aliphatic rings. The minimum Gasteiger partial charge on any atom is -0.491 e. The van der Waals surface area contributed by atoms with E-state index >= 15 is 0 Å². The van der Waals surface area contributed by atoms with Gasteiger partial charge in [0.1, 0.15) is 24.4 Å². The van der Waals surface area contributed by atoms with E-state index in [-0.39, 0.29) is 43.5 Å². The van der Waals surface area contributed by atoms with Gasteiger partial charge in [0.2, 0.25) is 17.7 Å². The van der Waals surface area contributed by atoms with Crippen LogP contribution in [-0.2, 0) is 27.3 Å². The molecule has 0 saturated carbocycles. The smallest absolute Gasteiger partial charge is 0.255 e. The molecule has 0 unspecified atom stereocenters. The van der Waals surface area contributed by atoms with Crippen LogP contribution in [0.25, 0.3) is 0 Å². The molecule has 0 spiro atoms. The van der Waals surface area contributed by atoms with Crippen molar-refractivity contribution in [1.82, 2.24) is 25.8 Å². The Morgan fingerprint density at radius 3 is 2.20 bits per heavy atom. The minimum absolute atomic E-state index is 0.0891. The molecule has 5 rings (SSSR count). The van der Waals surface area contributed by atoms with Crippen LogP contribution in [0.5, 0.6) is 5.75 Å². The molecule has 4 amide bonds. The van der Waals surface area contributed by atoms with E-state index in [2.05, 4.69) is 33.0 Å². The number of benzene rings is 3. The van der Waals surface area contributed by atoms with Gasteiger partial charge in [-0.05, 0) is 43.0 Å². The van der Waals surface area contributed by atoms with E-state index in [0.717, 1.165) is 38.0 Å². The molecule has 242 valence electrons. The van der Waals surface area contributed by atoms with Gasteiger partial charge < -0.3 is 25.6 Å². The zero-order valence-corrected chi connectivity index (χ0v) is 26.3.